The van der Waals surface area contributed by atoms with Gasteiger partial charge < -0.3 is 9.84 Å². The minimum Gasteiger partial charge on any atom is -0.469 e. The molecular formula is C12H20O4. The average molecular weight is 228 g/mol. The molecule has 1 saturated carbocycles. The molecule has 0 radical (unpaired) electrons. The van der Waals surface area contributed by atoms with E-state index >= 15 is 0 Å². The number of carbonyl (C=O) groups excluding carboxylic acids is 2. The number of carbonyl (C=O) groups is 2. The van der Waals surface area contributed by atoms with E-state index in [1.54, 1.807) is 0 Å². The molecule has 0 unspecified atom stereocenters. The molecule has 0 aliphatic heterocycles. The van der Waals surface area contributed by atoms with Crippen LogP contribution >= 0.6 is 0 Å². The third-order valence-electron chi connectivity index (χ3n) is 3.85. The van der Waals surface area contributed by atoms with Crippen molar-refractivity contribution >= 4 is 11.8 Å². The van der Waals surface area contributed by atoms with Crippen molar-refractivity contribution < 1.29 is 19.4 Å². The third-order valence-corrected chi connectivity index (χ3v) is 3.85. The zero-order valence-corrected chi connectivity index (χ0v) is 9.99. The quantitative estimate of drug-likeness (QED) is 0.737. The second-order valence-corrected chi connectivity index (χ2v) is 4.52. The van der Waals surface area contributed by atoms with Crippen LogP contribution in [-0.2, 0) is 14.3 Å². The zero-order valence-electron chi connectivity index (χ0n) is 9.99. The Kier molecular flexibility index (Phi) is 4.47. The molecule has 1 N–H and O–H groups in total. The molecular weight excluding hydrogens is 208 g/mol. The molecule has 0 bridgehead atoms. The summed E-state index contributed by atoms with van der Waals surface area (Å²) in [5, 5.41) is 8.79. The molecule has 4 nitrogen and oxygen atoms in total. The van der Waals surface area contributed by atoms with Crippen LogP contribution in [0.3, 0.4) is 0 Å². The summed E-state index contributed by atoms with van der Waals surface area (Å²) in [6.07, 6.45) is 3.49. The van der Waals surface area contributed by atoms with Crippen LogP contribution in [0.15, 0.2) is 0 Å². The Balaban J connectivity index is 2.64. The molecule has 0 saturated heterocycles. The van der Waals surface area contributed by atoms with Gasteiger partial charge in [-0.3, -0.25) is 9.59 Å². The van der Waals surface area contributed by atoms with E-state index in [4.69, 9.17) is 9.84 Å². The van der Waals surface area contributed by atoms with Gasteiger partial charge in [-0.2, -0.15) is 0 Å². The minimum absolute atomic E-state index is 0.0747. The first-order valence-electron chi connectivity index (χ1n) is 5.81. The molecule has 0 aromatic rings. The van der Waals surface area contributed by atoms with E-state index in [2.05, 4.69) is 0 Å². The number of rotatable bonds is 4. The van der Waals surface area contributed by atoms with Crippen LogP contribution in [0.1, 0.15) is 39.0 Å². The topological polar surface area (TPSA) is 63.6 Å². The predicted octanol–water partition coefficient (Wildman–Crippen LogP) is 1.31. The van der Waals surface area contributed by atoms with Crippen molar-refractivity contribution in [3.8, 4) is 0 Å². The SMILES string of the molecule is CC[C@]1(C(=O)OC)CC[C@H](C(=O)CO)CC1. The lowest BCUT2D eigenvalue weighted by Crippen LogP contribution is -2.37. The Morgan fingerprint density at radius 1 is 1.38 bits per heavy atom. The molecule has 0 atom stereocenters. The maximum Gasteiger partial charge on any atom is 0.311 e. The molecule has 1 rings (SSSR count). The molecule has 1 aliphatic carbocycles. The molecule has 0 spiro atoms. The summed E-state index contributed by atoms with van der Waals surface area (Å²) in [6, 6.07) is 0. The largest absolute Gasteiger partial charge is 0.469 e. The Hall–Kier alpha value is -0.900. The number of methoxy groups -OCH3 is 1. The van der Waals surface area contributed by atoms with Crippen molar-refractivity contribution in [2.45, 2.75) is 39.0 Å². The van der Waals surface area contributed by atoms with Crippen molar-refractivity contribution in [1.82, 2.24) is 0 Å². The van der Waals surface area contributed by atoms with Gasteiger partial charge in [0.1, 0.15) is 6.61 Å². The third kappa shape index (κ3) is 2.43. The molecule has 0 amide bonds. The summed E-state index contributed by atoms with van der Waals surface area (Å²) in [5.41, 5.74) is -0.402. The van der Waals surface area contributed by atoms with Gasteiger partial charge in [0, 0.05) is 5.92 Å². The summed E-state index contributed by atoms with van der Waals surface area (Å²) in [7, 11) is 1.41. The number of hydrogen-bond donors (Lipinski definition) is 1. The average Bonchev–Trinajstić information content (AvgIpc) is 2.36. The fraction of sp³-hybridized carbons (Fsp3) is 0.833. The summed E-state index contributed by atoms with van der Waals surface area (Å²) >= 11 is 0. The number of aliphatic hydroxyl groups excluding tert-OH is 1. The number of Topliss-reactive ketones (excluding diaryl/α,β-unsaturated/α-hetero) is 1. The minimum atomic E-state index is -0.402. The van der Waals surface area contributed by atoms with Gasteiger partial charge in [0.2, 0.25) is 0 Å². The maximum absolute atomic E-state index is 11.7. The van der Waals surface area contributed by atoms with Gasteiger partial charge in [-0.05, 0) is 32.1 Å². The second kappa shape index (κ2) is 5.43. The molecule has 0 heterocycles. The highest BCUT2D eigenvalue weighted by molar-refractivity contribution is 5.83. The van der Waals surface area contributed by atoms with Gasteiger partial charge in [0.15, 0.2) is 5.78 Å². The smallest absolute Gasteiger partial charge is 0.311 e. The fourth-order valence-corrected chi connectivity index (χ4v) is 2.54. The second-order valence-electron chi connectivity index (χ2n) is 4.52. The summed E-state index contributed by atoms with van der Waals surface area (Å²) < 4.78 is 4.83. The predicted molar refractivity (Wildman–Crippen MR) is 58.8 cm³/mol. The Bertz CT molecular complexity index is 264. The summed E-state index contributed by atoms with van der Waals surface area (Å²) in [4.78, 5) is 23.0. The van der Waals surface area contributed by atoms with E-state index < -0.39 is 5.41 Å². The van der Waals surface area contributed by atoms with E-state index in [9.17, 15) is 9.59 Å². The van der Waals surface area contributed by atoms with Gasteiger partial charge in [-0.1, -0.05) is 6.92 Å². The van der Waals surface area contributed by atoms with Crippen molar-refractivity contribution in [2.75, 3.05) is 13.7 Å². The molecule has 4 heteroatoms. The lowest BCUT2D eigenvalue weighted by atomic mass is 9.68. The highest BCUT2D eigenvalue weighted by Gasteiger charge is 2.42. The number of ketones is 1. The summed E-state index contributed by atoms with van der Waals surface area (Å²) in [6.45, 7) is 1.59. The highest BCUT2D eigenvalue weighted by atomic mass is 16.5. The van der Waals surface area contributed by atoms with Crippen LogP contribution in [0, 0.1) is 11.3 Å². The van der Waals surface area contributed by atoms with Crippen LogP contribution in [0.5, 0.6) is 0 Å². The van der Waals surface area contributed by atoms with Crippen LogP contribution in [-0.4, -0.2) is 30.6 Å². The van der Waals surface area contributed by atoms with E-state index in [0.717, 1.165) is 6.42 Å². The summed E-state index contributed by atoms with van der Waals surface area (Å²) in [5.74, 6) is -0.339. The van der Waals surface area contributed by atoms with Crippen molar-refractivity contribution in [1.29, 1.82) is 0 Å². The van der Waals surface area contributed by atoms with Crippen LogP contribution in [0.25, 0.3) is 0 Å². The molecule has 1 fully saturated rings. The number of aliphatic hydroxyl groups is 1. The Morgan fingerprint density at radius 3 is 2.31 bits per heavy atom. The first-order chi connectivity index (χ1) is 7.59. The molecule has 16 heavy (non-hydrogen) atoms. The van der Waals surface area contributed by atoms with Crippen LogP contribution in [0.2, 0.25) is 0 Å². The number of ether oxygens (including phenoxy) is 1. The fourth-order valence-electron chi connectivity index (χ4n) is 2.54. The maximum atomic E-state index is 11.7. The number of esters is 1. The lowest BCUT2D eigenvalue weighted by molar-refractivity contribution is -0.156. The van der Waals surface area contributed by atoms with E-state index in [0.29, 0.717) is 25.7 Å². The first kappa shape index (κ1) is 13.2. The van der Waals surface area contributed by atoms with E-state index in [-0.39, 0.29) is 24.3 Å². The van der Waals surface area contributed by atoms with Gasteiger partial charge in [0.05, 0.1) is 12.5 Å². The van der Waals surface area contributed by atoms with Crippen molar-refractivity contribution in [2.24, 2.45) is 11.3 Å². The Morgan fingerprint density at radius 2 is 1.94 bits per heavy atom. The van der Waals surface area contributed by atoms with Gasteiger partial charge in [-0.25, -0.2) is 0 Å². The highest BCUT2D eigenvalue weighted by Crippen LogP contribution is 2.42. The standard InChI is InChI=1S/C12H20O4/c1-3-12(11(15)16-2)6-4-9(5-7-12)10(14)8-13/h9,13H,3-8H2,1-2H3/t9-,12-. The van der Waals surface area contributed by atoms with E-state index in [1.165, 1.54) is 7.11 Å². The molecule has 0 aromatic heterocycles. The van der Waals surface area contributed by atoms with E-state index in [1.807, 2.05) is 6.92 Å². The van der Waals surface area contributed by atoms with Crippen LogP contribution in [0.4, 0.5) is 0 Å². The van der Waals surface area contributed by atoms with Gasteiger partial charge in [0.25, 0.3) is 0 Å². The lowest BCUT2D eigenvalue weighted by Gasteiger charge is -2.36. The van der Waals surface area contributed by atoms with Gasteiger partial charge in [-0.15, -0.1) is 0 Å². The molecule has 92 valence electrons. The first-order valence-corrected chi connectivity index (χ1v) is 5.81. The van der Waals surface area contributed by atoms with Crippen molar-refractivity contribution in [3.63, 3.8) is 0 Å². The monoisotopic (exact) mass is 228 g/mol. The number of hydrogen-bond acceptors (Lipinski definition) is 4. The van der Waals surface area contributed by atoms with Crippen LogP contribution < -0.4 is 0 Å². The molecule has 1 aliphatic rings. The Labute approximate surface area is 96.0 Å². The molecule has 0 aromatic carbocycles. The normalized spacial score (nSPS) is 29.8. The zero-order chi connectivity index (χ0) is 12.2. The van der Waals surface area contributed by atoms with Gasteiger partial charge >= 0.3 is 5.97 Å². The van der Waals surface area contributed by atoms with Crippen molar-refractivity contribution in [3.05, 3.63) is 0 Å².